The van der Waals surface area contributed by atoms with Crippen LogP contribution in [0.5, 0.6) is 0 Å². The summed E-state index contributed by atoms with van der Waals surface area (Å²) in [4.78, 5) is 4.33. The van der Waals surface area contributed by atoms with E-state index >= 15 is 0 Å². The molecule has 2 aromatic rings. The van der Waals surface area contributed by atoms with E-state index in [0.717, 1.165) is 24.0 Å². The highest BCUT2D eigenvalue weighted by Crippen LogP contribution is 2.32. The number of alkyl halides is 3. The Labute approximate surface area is 98.4 Å². The lowest BCUT2D eigenvalue weighted by atomic mass is 10.3. The molecule has 90 valence electrons. The van der Waals surface area contributed by atoms with E-state index in [4.69, 9.17) is 5.73 Å². The molecule has 0 fully saturated rings. The van der Waals surface area contributed by atoms with E-state index in [1.807, 2.05) is 0 Å². The molecule has 8 heteroatoms. The number of anilines is 1. The van der Waals surface area contributed by atoms with Crippen LogP contribution in [0.2, 0.25) is 0 Å². The van der Waals surface area contributed by atoms with Gasteiger partial charge in [-0.3, -0.25) is 5.10 Å². The number of hydrogen-bond acceptors (Lipinski definition) is 4. The van der Waals surface area contributed by atoms with Crippen LogP contribution in [0.15, 0.2) is 34.4 Å². The van der Waals surface area contributed by atoms with Gasteiger partial charge in [0.1, 0.15) is 10.8 Å². The molecule has 0 radical (unpaired) electrons. The van der Waals surface area contributed by atoms with Crippen molar-refractivity contribution in [2.45, 2.75) is 16.1 Å². The molecule has 0 aliphatic heterocycles. The van der Waals surface area contributed by atoms with E-state index in [2.05, 4.69) is 15.2 Å². The van der Waals surface area contributed by atoms with Crippen molar-refractivity contribution in [3.63, 3.8) is 0 Å². The lowest BCUT2D eigenvalue weighted by molar-refractivity contribution is -0.137. The van der Waals surface area contributed by atoms with Gasteiger partial charge in [0.05, 0.1) is 16.7 Å². The number of pyridine rings is 1. The predicted molar refractivity (Wildman–Crippen MR) is 56.4 cm³/mol. The van der Waals surface area contributed by atoms with Crippen molar-refractivity contribution < 1.29 is 13.2 Å². The van der Waals surface area contributed by atoms with E-state index in [1.54, 1.807) is 0 Å². The first-order chi connectivity index (χ1) is 7.97. The fourth-order valence-electron chi connectivity index (χ4n) is 1.09. The number of nitrogen functional groups attached to an aromatic ring is 1. The predicted octanol–water partition coefficient (Wildman–Crippen LogP) is 2.56. The number of nitrogens with one attached hydrogen (secondary N) is 1. The maximum Gasteiger partial charge on any atom is 0.417 e. The summed E-state index contributed by atoms with van der Waals surface area (Å²) in [5, 5.41) is 6.64. The standard InChI is InChI=1S/C9H7F3N4S/c10-9(11,12)5-1-2-7(14-3-5)17-6-4-15-16-8(6)13/h1-4H,(H3,13,15,16). The summed E-state index contributed by atoms with van der Waals surface area (Å²) in [6, 6.07) is 2.27. The third-order valence-corrected chi connectivity index (χ3v) is 2.91. The summed E-state index contributed by atoms with van der Waals surface area (Å²) < 4.78 is 36.8. The number of H-pyrrole nitrogens is 1. The molecule has 0 spiro atoms. The number of rotatable bonds is 2. The first-order valence-corrected chi connectivity index (χ1v) is 5.28. The van der Waals surface area contributed by atoms with Crippen molar-refractivity contribution in [3.8, 4) is 0 Å². The van der Waals surface area contributed by atoms with Crippen molar-refractivity contribution in [1.29, 1.82) is 0 Å². The zero-order valence-corrected chi connectivity index (χ0v) is 9.14. The molecular weight excluding hydrogens is 253 g/mol. The summed E-state index contributed by atoms with van der Waals surface area (Å²) in [5.74, 6) is 0.358. The van der Waals surface area contributed by atoms with Gasteiger partial charge in [0.25, 0.3) is 0 Å². The van der Waals surface area contributed by atoms with Crippen LogP contribution < -0.4 is 5.73 Å². The Hall–Kier alpha value is -1.70. The normalized spacial score (nSPS) is 11.7. The molecule has 3 N–H and O–H groups in total. The van der Waals surface area contributed by atoms with Crippen LogP contribution in [0, 0.1) is 0 Å². The van der Waals surface area contributed by atoms with Gasteiger partial charge in [-0.15, -0.1) is 0 Å². The molecule has 17 heavy (non-hydrogen) atoms. The Kier molecular flexibility index (Phi) is 2.97. The second-order valence-corrected chi connectivity index (χ2v) is 4.20. The zero-order valence-electron chi connectivity index (χ0n) is 8.32. The fraction of sp³-hybridized carbons (Fsp3) is 0.111. The molecule has 0 aromatic carbocycles. The topological polar surface area (TPSA) is 67.6 Å². The Balaban J connectivity index is 2.17. The van der Waals surface area contributed by atoms with Crippen molar-refractivity contribution in [2.24, 2.45) is 0 Å². The Morgan fingerprint density at radius 1 is 1.24 bits per heavy atom. The summed E-state index contributed by atoms with van der Waals surface area (Å²) in [6.45, 7) is 0. The highest BCUT2D eigenvalue weighted by molar-refractivity contribution is 7.99. The van der Waals surface area contributed by atoms with Gasteiger partial charge in [-0.25, -0.2) is 4.98 Å². The van der Waals surface area contributed by atoms with Crippen molar-refractivity contribution >= 4 is 17.6 Å². The quantitative estimate of drug-likeness (QED) is 0.870. The van der Waals surface area contributed by atoms with Gasteiger partial charge in [0.15, 0.2) is 0 Å². The van der Waals surface area contributed by atoms with Gasteiger partial charge >= 0.3 is 6.18 Å². The van der Waals surface area contributed by atoms with Gasteiger partial charge in [0.2, 0.25) is 0 Å². The molecule has 2 rings (SSSR count). The number of hydrogen-bond donors (Lipinski definition) is 2. The molecule has 0 aliphatic rings. The third-order valence-electron chi connectivity index (χ3n) is 1.91. The molecule has 0 amide bonds. The van der Waals surface area contributed by atoms with E-state index < -0.39 is 11.7 Å². The van der Waals surface area contributed by atoms with Gasteiger partial charge in [-0.1, -0.05) is 11.8 Å². The molecule has 0 aliphatic carbocycles. The average molecular weight is 260 g/mol. The number of nitrogens with two attached hydrogens (primary N) is 1. The van der Waals surface area contributed by atoms with E-state index in [9.17, 15) is 13.2 Å². The van der Waals surface area contributed by atoms with Crippen LogP contribution in [0.25, 0.3) is 0 Å². The first kappa shape index (κ1) is 11.8. The fourth-order valence-corrected chi connectivity index (χ4v) is 1.82. The molecule has 0 saturated heterocycles. The minimum absolute atomic E-state index is 0.358. The maximum absolute atomic E-state index is 12.3. The van der Waals surface area contributed by atoms with Crippen LogP contribution in [0.4, 0.5) is 19.0 Å². The van der Waals surface area contributed by atoms with E-state index in [1.165, 1.54) is 12.3 Å². The molecule has 2 aromatic heterocycles. The monoisotopic (exact) mass is 260 g/mol. The van der Waals surface area contributed by atoms with Crippen LogP contribution in [-0.2, 0) is 6.18 Å². The van der Waals surface area contributed by atoms with Crippen LogP contribution in [0.3, 0.4) is 0 Å². The maximum atomic E-state index is 12.3. The number of aromatic nitrogens is 3. The summed E-state index contributed by atoms with van der Waals surface area (Å²) in [7, 11) is 0. The molecule has 0 unspecified atom stereocenters. The smallest absolute Gasteiger partial charge is 0.383 e. The third kappa shape index (κ3) is 2.70. The second kappa shape index (κ2) is 4.28. The van der Waals surface area contributed by atoms with Crippen LogP contribution >= 0.6 is 11.8 Å². The van der Waals surface area contributed by atoms with Gasteiger partial charge < -0.3 is 5.73 Å². The van der Waals surface area contributed by atoms with Crippen LogP contribution in [-0.4, -0.2) is 15.2 Å². The second-order valence-electron chi connectivity index (χ2n) is 3.13. The van der Waals surface area contributed by atoms with E-state index in [0.29, 0.717) is 15.7 Å². The first-order valence-electron chi connectivity index (χ1n) is 4.47. The minimum atomic E-state index is -4.37. The number of halogens is 3. The highest BCUT2D eigenvalue weighted by Gasteiger charge is 2.30. The van der Waals surface area contributed by atoms with Crippen LogP contribution in [0.1, 0.15) is 5.56 Å². The van der Waals surface area contributed by atoms with Gasteiger partial charge in [-0.05, 0) is 12.1 Å². The van der Waals surface area contributed by atoms with Gasteiger partial charge in [0, 0.05) is 6.20 Å². The minimum Gasteiger partial charge on any atom is -0.383 e. The lowest BCUT2D eigenvalue weighted by Crippen LogP contribution is -2.05. The van der Waals surface area contributed by atoms with Gasteiger partial charge in [-0.2, -0.15) is 18.3 Å². The molecule has 4 nitrogen and oxygen atoms in total. The molecule has 0 saturated carbocycles. The summed E-state index contributed by atoms with van der Waals surface area (Å²) in [5.41, 5.74) is 4.76. The van der Waals surface area contributed by atoms with Crippen molar-refractivity contribution in [3.05, 3.63) is 30.1 Å². The van der Waals surface area contributed by atoms with Crippen molar-refractivity contribution in [1.82, 2.24) is 15.2 Å². The van der Waals surface area contributed by atoms with E-state index in [-0.39, 0.29) is 0 Å². The zero-order chi connectivity index (χ0) is 12.5. The molecule has 0 atom stereocenters. The SMILES string of the molecule is Nc1[nH]ncc1Sc1ccc(C(F)(F)F)cn1. The summed E-state index contributed by atoms with van der Waals surface area (Å²) >= 11 is 1.14. The van der Waals surface area contributed by atoms with Crippen molar-refractivity contribution in [2.75, 3.05) is 5.73 Å². The highest BCUT2D eigenvalue weighted by atomic mass is 32.2. The lowest BCUT2D eigenvalue weighted by Gasteiger charge is -2.06. The molecule has 2 heterocycles. The Bertz CT molecular complexity index is 506. The summed E-state index contributed by atoms with van der Waals surface area (Å²) in [6.07, 6.45) is -2.09. The molecular formula is C9H7F3N4S. The largest absolute Gasteiger partial charge is 0.417 e. The number of aromatic amines is 1. The Morgan fingerprint density at radius 2 is 2.00 bits per heavy atom. The number of nitrogens with zero attached hydrogens (tertiary/aromatic N) is 2. The average Bonchev–Trinajstić information content (AvgIpc) is 2.64. The molecule has 0 bridgehead atoms. The Morgan fingerprint density at radius 3 is 2.47 bits per heavy atom.